The van der Waals surface area contributed by atoms with Crippen LogP contribution in [-0.4, -0.2) is 36.2 Å². The van der Waals surface area contributed by atoms with Crippen molar-refractivity contribution < 1.29 is 9.56 Å². The van der Waals surface area contributed by atoms with Crippen LogP contribution in [-0.2, 0) is 4.65 Å². The number of hydrogen-bond donors (Lipinski definition) is 1. The van der Waals surface area contributed by atoms with Gasteiger partial charge in [-0.25, -0.2) is 0 Å². The predicted octanol–water partition coefficient (Wildman–Crippen LogP) is 1.20. The van der Waals surface area contributed by atoms with Gasteiger partial charge >= 0.3 is 6.48 Å². The van der Waals surface area contributed by atoms with Crippen LogP contribution in [0.3, 0.4) is 0 Å². The van der Waals surface area contributed by atoms with Crippen LogP contribution < -0.4 is 15.8 Å². The molecule has 0 spiro atoms. The summed E-state index contributed by atoms with van der Waals surface area (Å²) in [7, 11) is 3.99. The topological polar surface area (TPSA) is 39.3 Å². The summed E-state index contributed by atoms with van der Waals surface area (Å²) < 4.78 is 6.70. The molecule has 2 aromatic carbocycles. The summed E-state index contributed by atoms with van der Waals surface area (Å²) in [4.78, 5) is 10.3. The second-order valence-corrected chi connectivity index (χ2v) is 7.32. The van der Waals surface area contributed by atoms with E-state index < -0.39 is 6.48 Å². The molecule has 0 amide bonds. The van der Waals surface area contributed by atoms with Crippen molar-refractivity contribution in [3.8, 4) is 0 Å². The van der Waals surface area contributed by atoms with E-state index in [1.54, 1.807) is 0 Å². The molecule has 4 nitrogen and oxygen atoms in total. The minimum atomic E-state index is -1.73. The molecule has 0 atom stereocenters. The van der Waals surface area contributed by atoms with E-state index in [4.69, 9.17) is 4.65 Å². The smallest absolute Gasteiger partial charge is 0.507 e. The monoisotopic (exact) mass is 381 g/mol. The highest BCUT2D eigenvalue weighted by molar-refractivity contribution is 6.91. The van der Waals surface area contributed by atoms with Crippen molar-refractivity contribution in [1.82, 2.24) is 9.88 Å². The minimum Gasteiger partial charge on any atom is -0.651 e. The van der Waals surface area contributed by atoms with E-state index in [-0.39, 0.29) is 0 Å². The summed E-state index contributed by atoms with van der Waals surface area (Å²) >= 11 is 0. The molecular formula is C24H24BN3O. The first-order valence-corrected chi connectivity index (χ1v) is 9.75. The Kier molecular flexibility index (Phi) is 5.30. The van der Waals surface area contributed by atoms with Gasteiger partial charge in [0.05, 0.1) is 5.76 Å². The number of pyridine rings is 1. The zero-order chi connectivity index (χ0) is 20.1. The second kappa shape index (κ2) is 8.19. The summed E-state index contributed by atoms with van der Waals surface area (Å²) in [5, 5.41) is 0. The van der Waals surface area contributed by atoms with Crippen molar-refractivity contribution >= 4 is 23.1 Å². The lowest BCUT2D eigenvalue weighted by molar-refractivity contribution is -0.321. The van der Waals surface area contributed by atoms with Crippen LogP contribution in [0.2, 0.25) is 0 Å². The van der Waals surface area contributed by atoms with Crippen molar-refractivity contribution in [2.45, 2.75) is 0 Å². The standard InChI is InChI=1S/C24H24BN3O/c1-28(2)18-16-22-19-24(23-15-9-10-17-26-23)27-25(29-22,20-11-5-3-6-12-20)21-13-7-4-8-14-21/h3-19,27H,1-2H3. The van der Waals surface area contributed by atoms with E-state index in [1.807, 2.05) is 98.1 Å². The highest BCUT2D eigenvalue weighted by atomic mass is 16.5. The quantitative estimate of drug-likeness (QED) is 0.676. The number of aromatic nitrogens is 1. The molecule has 0 fully saturated rings. The maximum atomic E-state index is 6.70. The molecule has 1 aliphatic rings. The van der Waals surface area contributed by atoms with E-state index >= 15 is 0 Å². The van der Waals surface area contributed by atoms with Crippen LogP contribution >= 0.6 is 0 Å². The van der Waals surface area contributed by atoms with Gasteiger partial charge in [0, 0.05) is 32.6 Å². The summed E-state index contributed by atoms with van der Waals surface area (Å²) in [5.74, 6) is 0.783. The molecule has 0 saturated heterocycles. The molecule has 0 unspecified atom stereocenters. The number of nitrogens with one attached hydrogen (secondary N) is 1. The molecule has 3 aromatic rings. The van der Waals surface area contributed by atoms with Gasteiger partial charge < -0.3 is 14.5 Å². The fourth-order valence-corrected chi connectivity index (χ4v) is 3.59. The first-order chi connectivity index (χ1) is 14.2. The van der Waals surface area contributed by atoms with Crippen LogP contribution in [0.15, 0.2) is 109 Å². The Morgan fingerprint density at radius 2 is 1.48 bits per heavy atom. The molecule has 1 aliphatic heterocycles. The summed E-state index contributed by atoms with van der Waals surface area (Å²) in [6.45, 7) is -1.73. The van der Waals surface area contributed by atoms with Crippen LogP contribution in [0.5, 0.6) is 0 Å². The van der Waals surface area contributed by atoms with Gasteiger partial charge in [-0.15, -0.1) is 0 Å². The molecule has 0 bridgehead atoms. The molecule has 1 aromatic heterocycles. The number of benzene rings is 2. The SMILES string of the molecule is CN(C)C=CC1=CC(c2ccccn2)=[NH+][B-](c2ccccc2)(c2ccccc2)O1. The summed E-state index contributed by atoms with van der Waals surface area (Å²) in [6, 6.07) is 26.6. The van der Waals surface area contributed by atoms with E-state index in [9.17, 15) is 0 Å². The Hall–Kier alpha value is -3.60. The van der Waals surface area contributed by atoms with E-state index in [0.717, 1.165) is 28.1 Å². The molecule has 5 heteroatoms. The molecule has 0 saturated carbocycles. The number of rotatable bonds is 5. The normalized spacial score (nSPS) is 15.4. The lowest BCUT2D eigenvalue weighted by atomic mass is 9.42. The first kappa shape index (κ1) is 18.8. The van der Waals surface area contributed by atoms with Gasteiger partial charge in [-0.05, 0) is 18.2 Å². The summed E-state index contributed by atoms with van der Waals surface area (Å²) in [6.07, 6.45) is 7.80. The molecule has 4 rings (SSSR count). The zero-order valence-corrected chi connectivity index (χ0v) is 16.7. The van der Waals surface area contributed by atoms with E-state index in [0.29, 0.717) is 0 Å². The summed E-state index contributed by atoms with van der Waals surface area (Å²) in [5.41, 5.74) is 3.97. The van der Waals surface area contributed by atoms with Crippen molar-refractivity contribution in [1.29, 1.82) is 0 Å². The average molecular weight is 381 g/mol. The maximum Gasteiger partial charge on any atom is 0.507 e. The molecule has 2 heterocycles. The van der Waals surface area contributed by atoms with Gasteiger partial charge in [-0.1, -0.05) is 77.7 Å². The minimum absolute atomic E-state index is 0.783. The van der Waals surface area contributed by atoms with Crippen molar-refractivity contribution in [2.24, 2.45) is 0 Å². The lowest BCUT2D eigenvalue weighted by Gasteiger charge is -2.36. The van der Waals surface area contributed by atoms with E-state index in [2.05, 4.69) is 34.2 Å². The van der Waals surface area contributed by atoms with Gasteiger partial charge in [-0.3, -0.25) is 4.98 Å². The van der Waals surface area contributed by atoms with Crippen molar-refractivity contribution in [3.63, 3.8) is 0 Å². The Labute approximate surface area is 171 Å². The first-order valence-electron chi connectivity index (χ1n) is 9.75. The third-order valence-corrected chi connectivity index (χ3v) is 4.97. The molecular weight excluding hydrogens is 357 g/mol. The number of nitrogens with zero attached hydrogens (tertiary/aromatic N) is 2. The highest BCUT2D eigenvalue weighted by Gasteiger charge is 2.43. The fourth-order valence-electron chi connectivity index (χ4n) is 3.59. The van der Waals surface area contributed by atoms with E-state index in [1.165, 1.54) is 0 Å². The molecule has 1 N–H and O–H groups in total. The average Bonchev–Trinajstić information content (AvgIpc) is 2.79. The van der Waals surface area contributed by atoms with Crippen LogP contribution in [0.4, 0.5) is 0 Å². The lowest BCUT2D eigenvalue weighted by Crippen LogP contribution is -3.01. The van der Waals surface area contributed by atoms with Crippen molar-refractivity contribution in [3.05, 3.63) is 115 Å². The largest absolute Gasteiger partial charge is 0.651 e. The van der Waals surface area contributed by atoms with Gasteiger partial charge in [0.2, 0.25) is 0 Å². The Bertz CT molecular complexity index is 1010. The second-order valence-electron chi connectivity index (χ2n) is 7.32. The third kappa shape index (κ3) is 3.99. The third-order valence-electron chi connectivity index (χ3n) is 4.97. The number of allylic oxidation sites excluding steroid dienone is 2. The van der Waals surface area contributed by atoms with Gasteiger partial charge in [0.1, 0.15) is 5.69 Å². The molecule has 0 radical (unpaired) electrons. The van der Waals surface area contributed by atoms with Crippen LogP contribution in [0.25, 0.3) is 0 Å². The zero-order valence-electron chi connectivity index (χ0n) is 16.7. The Morgan fingerprint density at radius 3 is 2.03 bits per heavy atom. The molecule has 29 heavy (non-hydrogen) atoms. The van der Waals surface area contributed by atoms with Gasteiger partial charge in [0.25, 0.3) is 0 Å². The Morgan fingerprint density at radius 1 is 0.862 bits per heavy atom. The number of hydrogen-bond acceptors (Lipinski definition) is 3. The van der Waals surface area contributed by atoms with Gasteiger partial charge in [-0.2, -0.15) is 0 Å². The fraction of sp³-hybridized carbons (Fsp3) is 0.0833. The molecule has 0 aliphatic carbocycles. The molecule has 144 valence electrons. The van der Waals surface area contributed by atoms with Crippen LogP contribution in [0, 0.1) is 0 Å². The van der Waals surface area contributed by atoms with Crippen molar-refractivity contribution in [2.75, 3.05) is 14.1 Å². The van der Waals surface area contributed by atoms with Crippen LogP contribution in [0.1, 0.15) is 5.69 Å². The predicted molar refractivity (Wildman–Crippen MR) is 119 cm³/mol. The highest BCUT2D eigenvalue weighted by Crippen LogP contribution is 2.13. The maximum absolute atomic E-state index is 6.70. The van der Waals surface area contributed by atoms with Gasteiger partial charge in [0.15, 0.2) is 5.71 Å². The Balaban J connectivity index is 1.94.